The van der Waals surface area contributed by atoms with Gasteiger partial charge in [0.05, 0.1) is 6.61 Å². The van der Waals surface area contributed by atoms with Gasteiger partial charge in [0.2, 0.25) is 0 Å². The first-order chi connectivity index (χ1) is 16.5. The summed E-state index contributed by atoms with van der Waals surface area (Å²) in [5.41, 5.74) is 0.725. The lowest BCUT2D eigenvalue weighted by Crippen LogP contribution is -2.33. The predicted octanol–water partition coefficient (Wildman–Crippen LogP) is 5.86. The average Bonchev–Trinajstić information content (AvgIpc) is 3.61. The Labute approximate surface area is 202 Å². The lowest BCUT2D eigenvalue weighted by atomic mass is 10.0. The quantitative estimate of drug-likeness (QED) is 0.105. The largest absolute Gasteiger partial charge is 0.465 e. The number of allylic oxidation sites excluding steroid dienone is 1. The van der Waals surface area contributed by atoms with Crippen molar-refractivity contribution in [2.45, 2.75) is 52.4 Å². The molecule has 3 rings (SSSR count). The molecule has 5 nitrogen and oxygen atoms in total. The predicted molar refractivity (Wildman–Crippen MR) is 131 cm³/mol. The van der Waals surface area contributed by atoms with Crippen LogP contribution in [0.25, 0.3) is 0 Å². The van der Waals surface area contributed by atoms with Crippen LogP contribution < -0.4 is 9.47 Å². The topological polar surface area (TPSA) is 61.8 Å². The summed E-state index contributed by atoms with van der Waals surface area (Å²) in [4.78, 5) is 25.2. The number of unbranched alkanes of at least 4 members (excludes halogenated alkanes) is 2. The summed E-state index contributed by atoms with van der Waals surface area (Å²) < 4.78 is 16.2. The molecule has 1 aliphatic carbocycles. The van der Waals surface area contributed by atoms with Gasteiger partial charge in [0, 0.05) is 11.5 Å². The highest BCUT2D eigenvalue weighted by Gasteiger charge is 2.67. The number of hydrogen-bond acceptors (Lipinski definition) is 5. The molecule has 0 aliphatic heterocycles. The first-order valence-corrected chi connectivity index (χ1v) is 11.9. The van der Waals surface area contributed by atoms with E-state index in [9.17, 15) is 9.59 Å². The Kier molecular flexibility index (Phi) is 8.93. The first-order valence-electron chi connectivity index (χ1n) is 11.9. The van der Waals surface area contributed by atoms with E-state index in [1.807, 2.05) is 19.1 Å². The van der Waals surface area contributed by atoms with Crippen molar-refractivity contribution in [2.75, 3.05) is 6.61 Å². The number of carbonyl (C=O) groups is 2. The zero-order valence-corrected chi connectivity index (χ0v) is 20.0. The van der Waals surface area contributed by atoms with Crippen molar-refractivity contribution >= 4 is 11.9 Å². The van der Waals surface area contributed by atoms with E-state index in [0.29, 0.717) is 29.9 Å². The van der Waals surface area contributed by atoms with Crippen molar-refractivity contribution in [1.82, 2.24) is 0 Å². The molecule has 1 aliphatic rings. The van der Waals surface area contributed by atoms with Crippen LogP contribution in [0.1, 0.15) is 57.1 Å². The molecule has 0 saturated heterocycles. The van der Waals surface area contributed by atoms with E-state index >= 15 is 0 Å². The zero-order valence-electron chi connectivity index (χ0n) is 20.0. The number of aryl methyl sites for hydroxylation is 1. The van der Waals surface area contributed by atoms with E-state index in [1.165, 1.54) is 24.8 Å². The molecule has 178 valence electrons. The smallest absolute Gasteiger partial charge is 0.329 e. The van der Waals surface area contributed by atoms with Crippen molar-refractivity contribution in [1.29, 1.82) is 0 Å². The molecule has 2 unspecified atom stereocenters. The Hall–Kier alpha value is -3.52. The van der Waals surface area contributed by atoms with Gasteiger partial charge in [0.15, 0.2) is 5.41 Å². The van der Waals surface area contributed by atoms with Gasteiger partial charge < -0.3 is 14.2 Å². The third kappa shape index (κ3) is 6.29. The molecule has 0 N–H and O–H groups in total. The summed E-state index contributed by atoms with van der Waals surface area (Å²) in [6.07, 6.45) is 10.1. The summed E-state index contributed by atoms with van der Waals surface area (Å²) in [5.74, 6) is 2.54. The fourth-order valence-corrected chi connectivity index (χ4v) is 3.70. The molecule has 2 atom stereocenters. The second-order valence-corrected chi connectivity index (χ2v) is 8.50. The number of hydrogen-bond donors (Lipinski definition) is 0. The molecule has 0 amide bonds. The Bertz CT molecular complexity index is 1040. The molecule has 0 bridgehead atoms. The van der Waals surface area contributed by atoms with E-state index in [2.05, 4.69) is 37.7 Å². The summed E-state index contributed by atoms with van der Waals surface area (Å²) in [7, 11) is 0. The molecule has 0 aromatic heterocycles. The normalized spacial score (nSPS) is 18.2. The van der Waals surface area contributed by atoms with Crippen molar-refractivity contribution < 1.29 is 23.8 Å². The van der Waals surface area contributed by atoms with Crippen LogP contribution in [0.2, 0.25) is 0 Å². The molecule has 34 heavy (non-hydrogen) atoms. The van der Waals surface area contributed by atoms with Crippen LogP contribution >= 0.6 is 0 Å². The van der Waals surface area contributed by atoms with E-state index in [4.69, 9.17) is 14.2 Å². The maximum absolute atomic E-state index is 12.8. The Morgan fingerprint density at radius 3 is 2.32 bits per heavy atom. The number of rotatable bonds is 11. The molecule has 0 spiro atoms. The highest BCUT2D eigenvalue weighted by Crippen LogP contribution is 2.55. The van der Waals surface area contributed by atoms with Crippen LogP contribution in [0.3, 0.4) is 0 Å². The molecule has 1 saturated carbocycles. The fraction of sp³-hybridized carbons (Fsp3) is 0.379. The Morgan fingerprint density at radius 2 is 1.71 bits per heavy atom. The lowest BCUT2D eigenvalue weighted by Gasteiger charge is -2.14. The lowest BCUT2D eigenvalue weighted by molar-refractivity contribution is -0.160. The minimum absolute atomic E-state index is 0.267. The molecule has 2 aromatic carbocycles. The first kappa shape index (κ1) is 25.1. The summed E-state index contributed by atoms with van der Waals surface area (Å²) >= 11 is 0. The van der Waals surface area contributed by atoms with Crippen molar-refractivity contribution in [2.24, 2.45) is 11.3 Å². The highest BCUT2D eigenvalue weighted by atomic mass is 16.6. The van der Waals surface area contributed by atoms with Crippen molar-refractivity contribution in [3.8, 4) is 23.5 Å². The molecule has 0 radical (unpaired) electrons. The number of benzene rings is 2. The second-order valence-electron chi connectivity index (χ2n) is 8.50. The Balaban J connectivity index is 1.54. The monoisotopic (exact) mass is 460 g/mol. The van der Waals surface area contributed by atoms with Gasteiger partial charge in [-0.15, -0.1) is 6.58 Å². The number of esters is 2. The van der Waals surface area contributed by atoms with Gasteiger partial charge in [-0.25, -0.2) is 0 Å². The Morgan fingerprint density at radius 1 is 1.00 bits per heavy atom. The number of ether oxygens (including phenoxy) is 3. The van der Waals surface area contributed by atoms with Crippen LogP contribution in [-0.2, 0) is 20.7 Å². The summed E-state index contributed by atoms with van der Waals surface area (Å²) in [6, 6.07) is 14.7. The van der Waals surface area contributed by atoms with Crippen molar-refractivity contribution in [3.63, 3.8) is 0 Å². The van der Waals surface area contributed by atoms with Gasteiger partial charge in [0.25, 0.3) is 0 Å². The summed E-state index contributed by atoms with van der Waals surface area (Å²) in [6.45, 7) is 8.08. The number of carbonyl (C=O) groups excluding carboxylic acids is 2. The molecular formula is C29H32O5. The van der Waals surface area contributed by atoms with Crippen LogP contribution in [-0.4, -0.2) is 18.5 Å². The summed E-state index contributed by atoms with van der Waals surface area (Å²) in [5, 5.41) is 0. The van der Waals surface area contributed by atoms with Gasteiger partial charge in [-0.2, -0.15) is 0 Å². The molecule has 0 heterocycles. The van der Waals surface area contributed by atoms with E-state index < -0.39 is 17.4 Å². The zero-order chi connectivity index (χ0) is 24.4. The standard InChI is InChI=1S/C29H32O5/c1-4-7-8-9-22-10-14-25(15-11-22)32-20-18-23-12-16-26(17-13-23)34-28(31)29(21-24(29)6-3)27(30)33-19-5-2/h6,10-17,24H,3-5,7-9,19,21H2,1-2H3. The maximum atomic E-state index is 12.8. The van der Waals surface area contributed by atoms with Gasteiger partial charge in [-0.1, -0.05) is 44.9 Å². The fourth-order valence-electron chi connectivity index (χ4n) is 3.70. The van der Waals surface area contributed by atoms with Gasteiger partial charge >= 0.3 is 11.9 Å². The molecule has 2 aromatic rings. The van der Waals surface area contributed by atoms with Crippen LogP contribution in [0.15, 0.2) is 61.2 Å². The van der Waals surface area contributed by atoms with Crippen LogP contribution in [0.5, 0.6) is 11.5 Å². The van der Waals surface area contributed by atoms with E-state index in [0.717, 1.165) is 6.42 Å². The minimum atomic E-state index is -1.28. The SMILES string of the molecule is C=CC1CC1(C(=O)OCCC)C(=O)Oc1ccc(C#COc2ccc(CCCCC)cc2)cc1. The van der Waals surface area contributed by atoms with Crippen molar-refractivity contribution in [3.05, 3.63) is 72.3 Å². The maximum Gasteiger partial charge on any atom is 0.329 e. The highest BCUT2D eigenvalue weighted by molar-refractivity contribution is 6.05. The third-order valence-electron chi connectivity index (χ3n) is 5.89. The second kappa shape index (κ2) is 12.1. The molecule has 5 heteroatoms. The van der Waals surface area contributed by atoms with E-state index in [-0.39, 0.29) is 12.5 Å². The van der Waals surface area contributed by atoms with E-state index in [1.54, 1.807) is 30.3 Å². The van der Waals surface area contributed by atoms with Gasteiger partial charge in [-0.3, -0.25) is 9.59 Å². The third-order valence-corrected chi connectivity index (χ3v) is 5.89. The molecular weight excluding hydrogens is 428 g/mol. The molecule has 1 fully saturated rings. The average molecular weight is 461 g/mol. The van der Waals surface area contributed by atoms with Crippen LogP contribution in [0.4, 0.5) is 0 Å². The van der Waals surface area contributed by atoms with Crippen LogP contribution in [0, 0.1) is 23.4 Å². The van der Waals surface area contributed by atoms with Gasteiger partial charge in [-0.05, 0) is 73.6 Å². The van der Waals surface area contributed by atoms with Gasteiger partial charge in [0.1, 0.15) is 17.6 Å². The minimum Gasteiger partial charge on any atom is -0.465 e.